The van der Waals surface area contributed by atoms with Gasteiger partial charge < -0.3 is 9.84 Å². The van der Waals surface area contributed by atoms with Gasteiger partial charge in [-0.05, 0) is 12.3 Å². The Kier molecular flexibility index (Phi) is 5.99. The van der Waals surface area contributed by atoms with Crippen LogP contribution in [0.3, 0.4) is 0 Å². The molecule has 0 aromatic heterocycles. The molecule has 0 spiro atoms. The summed E-state index contributed by atoms with van der Waals surface area (Å²) in [7, 11) is 0. The molecular weight excluding hydrogens is 116 g/mol. The fraction of sp³-hybridized carbons (Fsp3) is 0.857. The van der Waals surface area contributed by atoms with Gasteiger partial charge in [0.1, 0.15) is 0 Å². The number of rotatable bonds is 5. The van der Waals surface area contributed by atoms with Crippen molar-refractivity contribution in [3.8, 4) is 0 Å². The number of hydrogen-bond donors (Lipinski definition) is 1. The molecule has 0 aromatic rings. The van der Waals surface area contributed by atoms with E-state index < -0.39 is 0 Å². The van der Waals surface area contributed by atoms with Crippen molar-refractivity contribution >= 4 is 0 Å². The monoisotopic (exact) mass is 131 g/mol. The third-order valence-corrected chi connectivity index (χ3v) is 0.895. The predicted octanol–water partition coefficient (Wildman–Crippen LogP) is 1.20. The average Bonchev–Trinajstić information content (AvgIpc) is 1.80. The second-order valence-corrected chi connectivity index (χ2v) is 2.39. The Morgan fingerprint density at radius 1 is 1.56 bits per heavy atom. The quantitative estimate of drug-likeness (QED) is 0.568. The third kappa shape index (κ3) is 7.92. The molecule has 0 saturated carbocycles. The number of aliphatic hydroxyl groups excluding tert-OH is 1. The van der Waals surface area contributed by atoms with Crippen LogP contribution in [0.1, 0.15) is 20.3 Å². The molecule has 2 nitrogen and oxygen atoms in total. The third-order valence-electron chi connectivity index (χ3n) is 0.895. The van der Waals surface area contributed by atoms with Crippen molar-refractivity contribution < 1.29 is 9.84 Å². The summed E-state index contributed by atoms with van der Waals surface area (Å²) in [4.78, 5) is 0. The Labute approximate surface area is 56.8 Å². The maximum atomic E-state index is 8.29. The molecule has 1 radical (unpaired) electrons. The van der Waals surface area contributed by atoms with E-state index in [0.717, 1.165) is 6.42 Å². The minimum absolute atomic E-state index is 0.106. The lowest BCUT2D eigenvalue weighted by molar-refractivity contribution is 0.128. The van der Waals surface area contributed by atoms with Gasteiger partial charge in [0.25, 0.3) is 0 Å². The van der Waals surface area contributed by atoms with Crippen molar-refractivity contribution in [1.82, 2.24) is 0 Å². The van der Waals surface area contributed by atoms with Gasteiger partial charge in [0.15, 0.2) is 0 Å². The van der Waals surface area contributed by atoms with Crippen LogP contribution in [0.4, 0.5) is 0 Å². The van der Waals surface area contributed by atoms with Crippen molar-refractivity contribution in [2.45, 2.75) is 20.3 Å². The number of hydrogen-bond acceptors (Lipinski definition) is 2. The average molecular weight is 131 g/mol. The molecular formula is C7H15O2. The predicted molar refractivity (Wildman–Crippen MR) is 36.8 cm³/mol. The van der Waals surface area contributed by atoms with E-state index in [-0.39, 0.29) is 6.61 Å². The van der Waals surface area contributed by atoms with Gasteiger partial charge in [-0.3, -0.25) is 0 Å². The normalized spacial score (nSPS) is 10.7. The summed E-state index contributed by atoms with van der Waals surface area (Å²) >= 11 is 0. The Balaban J connectivity index is 2.75. The van der Waals surface area contributed by atoms with Crippen molar-refractivity contribution in [2.24, 2.45) is 5.92 Å². The lowest BCUT2D eigenvalue weighted by Gasteiger charge is -2.02. The Morgan fingerprint density at radius 2 is 2.22 bits per heavy atom. The molecule has 2 heteroatoms. The fourth-order valence-corrected chi connectivity index (χ4v) is 0.397. The molecule has 55 valence electrons. The van der Waals surface area contributed by atoms with Gasteiger partial charge in [0.05, 0.1) is 19.8 Å². The Morgan fingerprint density at radius 3 is 2.67 bits per heavy atom. The van der Waals surface area contributed by atoms with Crippen LogP contribution < -0.4 is 0 Å². The molecule has 0 atom stereocenters. The minimum atomic E-state index is 0.106. The molecule has 0 amide bonds. The van der Waals surface area contributed by atoms with Gasteiger partial charge >= 0.3 is 0 Å². The smallest absolute Gasteiger partial charge is 0.0840 e. The van der Waals surface area contributed by atoms with Crippen LogP contribution in [-0.4, -0.2) is 18.3 Å². The van der Waals surface area contributed by atoms with Crippen LogP contribution in [0.25, 0.3) is 0 Å². The molecule has 1 N–H and O–H groups in total. The molecule has 0 aromatic carbocycles. The van der Waals surface area contributed by atoms with Gasteiger partial charge in [0.2, 0.25) is 0 Å². The van der Waals surface area contributed by atoms with Crippen LogP contribution in [0, 0.1) is 12.5 Å². The summed E-state index contributed by atoms with van der Waals surface area (Å²) in [5.41, 5.74) is 0. The van der Waals surface area contributed by atoms with Crippen LogP contribution in [0.2, 0.25) is 0 Å². The van der Waals surface area contributed by atoms with Crippen molar-refractivity contribution in [3.05, 3.63) is 6.61 Å². The summed E-state index contributed by atoms with van der Waals surface area (Å²) in [5, 5.41) is 8.29. The highest BCUT2D eigenvalue weighted by Gasteiger charge is 1.92. The minimum Gasteiger partial charge on any atom is -0.394 e. The SMILES string of the molecule is CC(C)C[CH]OCCO. The van der Waals surface area contributed by atoms with E-state index >= 15 is 0 Å². The highest BCUT2D eigenvalue weighted by Crippen LogP contribution is 2.01. The number of ether oxygens (including phenoxy) is 1. The van der Waals surface area contributed by atoms with E-state index in [2.05, 4.69) is 13.8 Å². The Hall–Kier alpha value is -0.0800. The van der Waals surface area contributed by atoms with Gasteiger partial charge in [-0.25, -0.2) is 0 Å². The second-order valence-electron chi connectivity index (χ2n) is 2.39. The molecule has 0 aliphatic rings. The topological polar surface area (TPSA) is 29.5 Å². The van der Waals surface area contributed by atoms with Crippen LogP contribution in [0.5, 0.6) is 0 Å². The molecule has 0 unspecified atom stereocenters. The van der Waals surface area contributed by atoms with Crippen LogP contribution >= 0.6 is 0 Å². The highest BCUT2D eigenvalue weighted by atomic mass is 16.5. The van der Waals surface area contributed by atoms with E-state index in [1.54, 1.807) is 6.61 Å². The molecule has 0 aliphatic heterocycles. The molecule has 0 bridgehead atoms. The largest absolute Gasteiger partial charge is 0.394 e. The van der Waals surface area contributed by atoms with Gasteiger partial charge in [-0.15, -0.1) is 0 Å². The van der Waals surface area contributed by atoms with E-state index in [1.807, 2.05) is 0 Å². The first-order chi connectivity index (χ1) is 4.27. The lowest BCUT2D eigenvalue weighted by atomic mass is 10.1. The zero-order chi connectivity index (χ0) is 7.11. The summed E-state index contributed by atoms with van der Waals surface area (Å²) < 4.78 is 4.92. The summed E-state index contributed by atoms with van der Waals surface area (Å²) in [6.45, 7) is 6.53. The van der Waals surface area contributed by atoms with Crippen molar-refractivity contribution in [1.29, 1.82) is 0 Å². The van der Waals surface area contributed by atoms with E-state index in [4.69, 9.17) is 9.84 Å². The maximum Gasteiger partial charge on any atom is 0.0840 e. The zero-order valence-electron chi connectivity index (χ0n) is 6.13. The molecule has 0 rings (SSSR count). The van der Waals surface area contributed by atoms with Gasteiger partial charge in [-0.2, -0.15) is 0 Å². The first-order valence-corrected chi connectivity index (χ1v) is 3.31. The first kappa shape index (κ1) is 8.92. The second kappa shape index (κ2) is 6.05. The lowest BCUT2D eigenvalue weighted by Crippen LogP contribution is -1.98. The summed E-state index contributed by atoms with van der Waals surface area (Å²) in [6.07, 6.45) is 0.958. The Bertz CT molecular complexity index is 52.9. The maximum absolute atomic E-state index is 8.29. The summed E-state index contributed by atoms with van der Waals surface area (Å²) in [5.74, 6) is 0.642. The fourth-order valence-electron chi connectivity index (χ4n) is 0.397. The summed E-state index contributed by atoms with van der Waals surface area (Å²) in [6, 6.07) is 0. The van der Waals surface area contributed by atoms with E-state index in [9.17, 15) is 0 Å². The van der Waals surface area contributed by atoms with Gasteiger partial charge in [0, 0.05) is 0 Å². The van der Waals surface area contributed by atoms with Crippen molar-refractivity contribution in [3.63, 3.8) is 0 Å². The molecule has 0 aliphatic carbocycles. The standard InChI is InChI=1S/C7H15O2/c1-7(2)3-5-9-6-4-8/h5,7-8H,3-4,6H2,1-2H3. The molecule has 0 fully saturated rings. The van der Waals surface area contributed by atoms with Crippen molar-refractivity contribution in [2.75, 3.05) is 13.2 Å². The number of aliphatic hydroxyl groups is 1. The van der Waals surface area contributed by atoms with E-state index in [0.29, 0.717) is 12.5 Å². The molecule has 9 heavy (non-hydrogen) atoms. The molecule has 0 saturated heterocycles. The van der Waals surface area contributed by atoms with E-state index in [1.165, 1.54) is 0 Å². The van der Waals surface area contributed by atoms with Gasteiger partial charge in [-0.1, -0.05) is 13.8 Å². The van der Waals surface area contributed by atoms with Crippen LogP contribution in [-0.2, 0) is 4.74 Å². The zero-order valence-corrected chi connectivity index (χ0v) is 6.13. The first-order valence-electron chi connectivity index (χ1n) is 3.31. The highest BCUT2D eigenvalue weighted by molar-refractivity contribution is 4.53. The molecule has 0 heterocycles. The van der Waals surface area contributed by atoms with Crippen LogP contribution in [0.15, 0.2) is 0 Å².